The zero-order valence-corrected chi connectivity index (χ0v) is 7.45. The third kappa shape index (κ3) is 2.16. The molecule has 0 radical (unpaired) electrons. The predicted octanol–water partition coefficient (Wildman–Crippen LogP) is 2.99. The number of halogens is 5. The Morgan fingerprint density at radius 3 is 2.29 bits per heavy atom. The first kappa shape index (κ1) is 11.3. The molecular weight excluding hydrogens is 224 g/mol. The molecule has 0 bridgehead atoms. The van der Waals surface area contributed by atoms with Gasteiger partial charge in [-0.05, 0) is 12.1 Å². The fourth-order valence-electron chi connectivity index (χ4n) is 1.02. The van der Waals surface area contributed by atoms with Crippen LogP contribution in [0.25, 0.3) is 0 Å². The molecular formula is C8H5ClF4O. The second kappa shape index (κ2) is 3.74. The van der Waals surface area contributed by atoms with Crippen molar-refractivity contribution in [2.45, 2.75) is 12.8 Å². The molecule has 1 rings (SSSR count). The van der Waals surface area contributed by atoms with Crippen LogP contribution in [0.2, 0.25) is 5.02 Å². The Morgan fingerprint density at radius 2 is 1.86 bits per heavy atom. The summed E-state index contributed by atoms with van der Waals surface area (Å²) in [6.07, 6.45) is -4.72. The molecule has 0 heterocycles. The summed E-state index contributed by atoms with van der Waals surface area (Å²) in [4.78, 5) is 0. The molecule has 0 aliphatic heterocycles. The van der Waals surface area contributed by atoms with E-state index in [2.05, 4.69) is 0 Å². The van der Waals surface area contributed by atoms with E-state index < -0.39 is 34.7 Å². The summed E-state index contributed by atoms with van der Waals surface area (Å²) in [5.74, 6) is -1.08. The lowest BCUT2D eigenvalue weighted by molar-refractivity contribution is -0.138. The van der Waals surface area contributed by atoms with E-state index in [-0.39, 0.29) is 0 Å². The fourth-order valence-corrected chi connectivity index (χ4v) is 1.28. The van der Waals surface area contributed by atoms with Crippen LogP contribution < -0.4 is 0 Å². The summed E-state index contributed by atoms with van der Waals surface area (Å²) in [6, 6.07) is 1.03. The largest absolute Gasteiger partial charge is 0.416 e. The number of hydrogen-bond donors (Lipinski definition) is 1. The maximum Gasteiger partial charge on any atom is 0.416 e. The van der Waals surface area contributed by atoms with Crippen molar-refractivity contribution < 1.29 is 22.7 Å². The molecule has 0 saturated carbocycles. The van der Waals surface area contributed by atoms with Crippen molar-refractivity contribution in [3.8, 4) is 0 Å². The first-order valence-electron chi connectivity index (χ1n) is 3.52. The Hall–Kier alpha value is -0.810. The van der Waals surface area contributed by atoms with Gasteiger partial charge in [0.1, 0.15) is 5.82 Å². The molecule has 1 aromatic carbocycles. The van der Waals surface area contributed by atoms with E-state index in [1.54, 1.807) is 0 Å². The van der Waals surface area contributed by atoms with Crippen LogP contribution in [0.15, 0.2) is 12.1 Å². The van der Waals surface area contributed by atoms with Gasteiger partial charge < -0.3 is 5.11 Å². The lowest BCUT2D eigenvalue weighted by Crippen LogP contribution is -2.10. The van der Waals surface area contributed by atoms with Crippen LogP contribution >= 0.6 is 11.6 Å². The summed E-state index contributed by atoms with van der Waals surface area (Å²) in [7, 11) is 0. The molecule has 0 atom stereocenters. The van der Waals surface area contributed by atoms with Crippen LogP contribution in [0.4, 0.5) is 17.6 Å². The molecule has 0 fully saturated rings. The lowest BCUT2D eigenvalue weighted by Gasteiger charge is -2.12. The highest BCUT2D eigenvalue weighted by Gasteiger charge is 2.34. The molecule has 1 N–H and O–H groups in total. The van der Waals surface area contributed by atoms with Crippen LogP contribution in [-0.4, -0.2) is 5.11 Å². The lowest BCUT2D eigenvalue weighted by atomic mass is 10.1. The van der Waals surface area contributed by atoms with Crippen LogP contribution in [-0.2, 0) is 12.8 Å². The molecule has 6 heteroatoms. The third-order valence-corrected chi connectivity index (χ3v) is 1.96. The van der Waals surface area contributed by atoms with E-state index in [1.807, 2.05) is 0 Å². The molecule has 0 aliphatic rings. The minimum atomic E-state index is -4.72. The predicted molar refractivity (Wildman–Crippen MR) is 42.3 cm³/mol. The number of rotatable bonds is 1. The van der Waals surface area contributed by atoms with E-state index in [0.717, 1.165) is 6.07 Å². The minimum Gasteiger partial charge on any atom is -0.392 e. The Morgan fingerprint density at radius 1 is 1.29 bits per heavy atom. The Labute approximate surface area is 81.9 Å². The van der Waals surface area contributed by atoms with E-state index in [0.29, 0.717) is 6.07 Å². The van der Waals surface area contributed by atoms with Crippen LogP contribution in [0.1, 0.15) is 11.1 Å². The Kier molecular flexibility index (Phi) is 3.01. The molecule has 78 valence electrons. The molecule has 0 aliphatic carbocycles. The molecule has 0 amide bonds. The van der Waals surface area contributed by atoms with Crippen molar-refractivity contribution in [1.82, 2.24) is 0 Å². The van der Waals surface area contributed by atoms with E-state index in [4.69, 9.17) is 16.7 Å². The Balaban J connectivity index is 3.40. The number of hydrogen-bond acceptors (Lipinski definition) is 1. The van der Waals surface area contributed by atoms with E-state index in [9.17, 15) is 17.6 Å². The zero-order chi connectivity index (χ0) is 10.9. The van der Waals surface area contributed by atoms with Gasteiger partial charge in [0.2, 0.25) is 0 Å². The van der Waals surface area contributed by atoms with E-state index in [1.165, 1.54) is 0 Å². The van der Waals surface area contributed by atoms with Gasteiger partial charge in [-0.25, -0.2) is 4.39 Å². The van der Waals surface area contributed by atoms with Crippen LogP contribution in [0, 0.1) is 5.82 Å². The van der Waals surface area contributed by atoms with Crippen molar-refractivity contribution in [1.29, 1.82) is 0 Å². The van der Waals surface area contributed by atoms with Crippen molar-refractivity contribution in [3.63, 3.8) is 0 Å². The SMILES string of the molecule is OCc1c(Cl)cc(F)cc1C(F)(F)F. The summed E-state index contributed by atoms with van der Waals surface area (Å²) in [6.45, 7) is -0.881. The summed E-state index contributed by atoms with van der Waals surface area (Å²) in [5, 5.41) is 8.22. The topological polar surface area (TPSA) is 20.2 Å². The van der Waals surface area contributed by atoms with Gasteiger partial charge >= 0.3 is 6.18 Å². The van der Waals surface area contributed by atoms with Crippen molar-refractivity contribution in [2.75, 3.05) is 0 Å². The maximum absolute atomic E-state index is 12.6. The van der Waals surface area contributed by atoms with Gasteiger partial charge in [0.15, 0.2) is 0 Å². The molecule has 0 spiro atoms. The monoisotopic (exact) mass is 228 g/mol. The van der Waals surface area contributed by atoms with Gasteiger partial charge in [0.05, 0.1) is 12.2 Å². The minimum absolute atomic E-state index is 0.303. The van der Waals surface area contributed by atoms with Gasteiger partial charge in [-0.1, -0.05) is 11.6 Å². The fraction of sp³-hybridized carbons (Fsp3) is 0.250. The zero-order valence-electron chi connectivity index (χ0n) is 6.70. The summed E-state index contributed by atoms with van der Waals surface area (Å²) < 4.78 is 49.4. The second-order valence-corrected chi connectivity index (χ2v) is 2.98. The molecule has 14 heavy (non-hydrogen) atoms. The standard InChI is InChI=1S/C8H5ClF4O/c9-7-2-4(10)1-6(5(7)3-14)8(11,12)13/h1-2,14H,3H2. The maximum atomic E-state index is 12.6. The molecule has 1 aromatic rings. The van der Waals surface area contributed by atoms with Gasteiger partial charge in [-0.3, -0.25) is 0 Å². The molecule has 0 aromatic heterocycles. The average Bonchev–Trinajstić information content (AvgIpc) is 2.01. The van der Waals surface area contributed by atoms with Crippen molar-refractivity contribution in [2.24, 2.45) is 0 Å². The van der Waals surface area contributed by atoms with Crippen molar-refractivity contribution >= 4 is 11.6 Å². The van der Waals surface area contributed by atoms with Gasteiger partial charge in [-0.15, -0.1) is 0 Å². The number of benzene rings is 1. The summed E-state index contributed by atoms with van der Waals surface area (Å²) >= 11 is 5.34. The molecule has 0 saturated heterocycles. The molecule has 0 unspecified atom stereocenters. The molecule has 1 nitrogen and oxygen atoms in total. The summed E-state index contributed by atoms with van der Waals surface area (Å²) in [5.41, 5.74) is -1.76. The van der Waals surface area contributed by atoms with E-state index >= 15 is 0 Å². The van der Waals surface area contributed by atoms with Crippen molar-refractivity contribution in [3.05, 3.63) is 34.1 Å². The number of aliphatic hydroxyl groups excluding tert-OH is 1. The average molecular weight is 229 g/mol. The third-order valence-electron chi connectivity index (χ3n) is 1.62. The van der Waals surface area contributed by atoms with Gasteiger partial charge in [0, 0.05) is 10.6 Å². The van der Waals surface area contributed by atoms with Crippen LogP contribution in [0.5, 0.6) is 0 Å². The smallest absolute Gasteiger partial charge is 0.392 e. The highest BCUT2D eigenvalue weighted by Crippen LogP contribution is 2.35. The quantitative estimate of drug-likeness (QED) is 0.733. The Bertz CT molecular complexity index is 348. The first-order chi connectivity index (χ1) is 6.36. The number of alkyl halides is 3. The first-order valence-corrected chi connectivity index (χ1v) is 3.90. The highest BCUT2D eigenvalue weighted by molar-refractivity contribution is 6.31. The second-order valence-electron chi connectivity index (χ2n) is 2.57. The highest BCUT2D eigenvalue weighted by atomic mass is 35.5. The number of aliphatic hydroxyl groups is 1. The van der Waals surface area contributed by atoms with Crippen LogP contribution in [0.3, 0.4) is 0 Å². The van der Waals surface area contributed by atoms with Gasteiger partial charge in [-0.2, -0.15) is 13.2 Å². The van der Waals surface area contributed by atoms with Gasteiger partial charge in [0.25, 0.3) is 0 Å². The normalized spacial score (nSPS) is 11.9.